The molecule has 0 aliphatic heterocycles. The van der Waals surface area contributed by atoms with Crippen molar-refractivity contribution in [1.29, 1.82) is 0 Å². The van der Waals surface area contributed by atoms with Gasteiger partial charge in [0.1, 0.15) is 0 Å². The third kappa shape index (κ3) is 7.20. The van der Waals surface area contributed by atoms with Crippen molar-refractivity contribution in [3.8, 4) is 56.6 Å². The molecule has 0 saturated carbocycles. The van der Waals surface area contributed by atoms with Gasteiger partial charge in [0.2, 0.25) is 0 Å². The molecular formula is C64H47N5OPt. The molecule has 0 amide bonds. The Hall–Kier alpha value is -8.31. The molecule has 71 heavy (non-hydrogen) atoms. The van der Waals surface area contributed by atoms with E-state index in [-0.39, 0.29) is 5.41 Å². The maximum atomic E-state index is 6.86. The van der Waals surface area contributed by atoms with E-state index in [9.17, 15) is 0 Å². The quantitative estimate of drug-likeness (QED) is 0.152. The molecule has 0 spiro atoms. The van der Waals surface area contributed by atoms with Crippen LogP contribution in [0, 0.1) is 3.80 Å². The molecule has 0 radical (unpaired) electrons. The number of nitrogens with zero attached hydrogens (tertiary/aromatic N) is 5. The van der Waals surface area contributed by atoms with E-state index in [0.717, 1.165) is 87.9 Å². The van der Waals surface area contributed by atoms with E-state index in [4.69, 9.17) is 9.72 Å². The zero-order chi connectivity index (χ0) is 47.8. The normalized spacial score (nSPS) is 12.0. The molecular weight excluding hydrogens is 1050 g/mol. The number of rotatable bonds is 8. The molecule has 9 aromatic carbocycles. The van der Waals surface area contributed by atoms with Gasteiger partial charge in [0.05, 0.1) is 0 Å². The second kappa shape index (κ2) is 17.0. The van der Waals surface area contributed by atoms with Crippen LogP contribution in [0.1, 0.15) is 26.3 Å². The average molecular weight is 1100 g/mol. The van der Waals surface area contributed by atoms with Gasteiger partial charge in [-0.2, -0.15) is 0 Å². The number of pyridine rings is 1. The molecule has 0 saturated heterocycles. The van der Waals surface area contributed by atoms with Crippen molar-refractivity contribution in [1.82, 2.24) is 23.3 Å². The zero-order valence-corrected chi connectivity index (χ0v) is 41.7. The summed E-state index contributed by atoms with van der Waals surface area (Å²) in [5.74, 6) is 2.37. The van der Waals surface area contributed by atoms with Crippen molar-refractivity contribution in [2.45, 2.75) is 26.2 Å². The van der Waals surface area contributed by atoms with Crippen LogP contribution in [0.3, 0.4) is 0 Å². The Morgan fingerprint density at radius 1 is 0.394 bits per heavy atom. The number of benzene rings is 9. The molecule has 0 bridgehead atoms. The van der Waals surface area contributed by atoms with Gasteiger partial charge < -0.3 is 0 Å². The number of hydrogen-bond acceptors (Lipinski definition) is 2. The Kier molecular flexibility index (Phi) is 10.2. The van der Waals surface area contributed by atoms with Crippen LogP contribution in [-0.4, -0.2) is 23.3 Å². The summed E-state index contributed by atoms with van der Waals surface area (Å²) in [7, 11) is 0. The van der Waals surface area contributed by atoms with E-state index in [1.54, 1.807) is 0 Å². The number of aromatic nitrogens is 5. The molecule has 13 aromatic rings. The molecule has 0 fully saturated rings. The summed E-state index contributed by atoms with van der Waals surface area (Å²) in [6, 6.07) is 80.3. The van der Waals surface area contributed by atoms with Crippen molar-refractivity contribution >= 4 is 54.6 Å². The summed E-state index contributed by atoms with van der Waals surface area (Å²) >= 11 is 2.53. The molecule has 344 valence electrons. The molecule has 0 aliphatic rings. The van der Waals surface area contributed by atoms with Crippen molar-refractivity contribution < 1.29 is 24.1 Å². The van der Waals surface area contributed by atoms with Crippen LogP contribution < -0.4 is 4.74 Å². The van der Waals surface area contributed by atoms with Gasteiger partial charge in [0, 0.05) is 6.20 Å². The molecule has 7 heteroatoms. The van der Waals surface area contributed by atoms with Gasteiger partial charge in [-0.15, -0.1) is 0 Å². The molecule has 0 atom stereocenters. The first kappa shape index (κ1) is 42.8. The van der Waals surface area contributed by atoms with Crippen LogP contribution >= 0.6 is 0 Å². The molecule has 6 nitrogen and oxygen atoms in total. The van der Waals surface area contributed by atoms with Crippen LogP contribution in [0.5, 0.6) is 11.5 Å². The Bertz CT molecular complexity index is 4150. The fraction of sp³-hybridized carbons (Fsp3) is 0.0625. The van der Waals surface area contributed by atoms with Crippen LogP contribution in [0.15, 0.2) is 231 Å². The SMILES string of the molecule is CC(C)(C)c1ccnc(-n2c3ccccc3c3ccc(Oc4cccc(-n5[c](=[Pt])n(-c6c(-c7ccccc7)cc(-n7c8ccccc8c8ccccc87)cc6-c6ccccc6)c6ccccc65)c4)cc32)c1. The first-order chi connectivity index (χ1) is 34.8. The van der Waals surface area contributed by atoms with Crippen molar-refractivity contribution in [3.63, 3.8) is 0 Å². The van der Waals surface area contributed by atoms with Crippen molar-refractivity contribution in [3.05, 3.63) is 240 Å². The summed E-state index contributed by atoms with van der Waals surface area (Å²) < 4.78 is 17.4. The van der Waals surface area contributed by atoms with E-state index in [1.807, 2.05) is 12.3 Å². The maximum absolute atomic E-state index is 6.86. The number of ether oxygens (including phenoxy) is 1. The second-order valence-corrected chi connectivity index (χ2v) is 20.2. The van der Waals surface area contributed by atoms with Gasteiger partial charge in [0.25, 0.3) is 0 Å². The van der Waals surface area contributed by atoms with Crippen LogP contribution in [0.25, 0.3) is 99.8 Å². The fourth-order valence-electron chi connectivity index (χ4n) is 10.5. The average Bonchev–Trinajstić information content (AvgIpc) is 4.03. The number of fused-ring (bicyclic) bond motifs is 7. The van der Waals surface area contributed by atoms with Gasteiger partial charge in [-0.25, -0.2) is 0 Å². The monoisotopic (exact) mass is 1100 g/mol. The number of hydrogen-bond donors (Lipinski definition) is 0. The summed E-state index contributed by atoms with van der Waals surface area (Å²) in [4.78, 5) is 4.91. The Balaban J connectivity index is 0.987. The van der Waals surface area contributed by atoms with Gasteiger partial charge in [0.15, 0.2) is 0 Å². The van der Waals surface area contributed by atoms with Crippen LogP contribution in [0.2, 0.25) is 0 Å². The molecule has 4 heterocycles. The number of imidazole rings is 1. The third-order valence-electron chi connectivity index (χ3n) is 13.8. The van der Waals surface area contributed by atoms with Crippen molar-refractivity contribution in [2.24, 2.45) is 0 Å². The summed E-state index contributed by atoms with van der Waals surface area (Å²) in [5, 5.41) is 4.79. The first-order valence-electron chi connectivity index (χ1n) is 24.0. The molecule has 0 aliphatic carbocycles. The van der Waals surface area contributed by atoms with Gasteiger partial charge in [-0.3, -0.25) is 0 Å². The van der Waals surface area contributed by atoms with E-state index >= 15 is 0 Å². The Morgan fingerprint density at radius 2 is 0.901 bits per heavy atom. The van der Waals surface area contributed by atoms with Gasteiger partial charge in [-0.05, 0) is 17.0 Å². The molecule has 13 rings (SSSR count). The van der Waals surface area contributed by atoms with Crippen LogP contribution in [-0.2, 0) is 24.8 Å². The minimum atomic E-state index is -0.0225. The van der Waals surface area contributed by atoms with Gasteiger partial charge in [-0.1, -0.05) is 32.9 Å². The van der Waals surface area contributed by atoms with E-state index in [2.05, 4.69) is 277 Å². The van der Waals surface area contributed by atoms with E-state index in [0.29, 0.717) is 0 Å². The predicted octanol–water partition coefficient (Wildman–Crippen LogP) is 16.5. The standard InChI is InChI=1S/C64H47N5O.Pt/c1-64(2,3)45-35-36-65-62(37-45)69-58-30-15-12-27-52(58)53-34-33-49(41-61(53)69)70-48-24-18-23-46(38-48)66-42-67(60-32-17-16-31-59(60)66)63-54(43-19-6-4-7-20-43)39-47(40-55(63)44-21-8-5-9-22-44)68-56-28-13-10-25-50(56)51-26-11-14-29-57(51)68;/h4-41H,1-3H3;. The topological polar surface area (TPSA) is 41.8 Å². The zero-order valence-electron chi connectivity index (χ0n) is 39.4. The molecule has 0 unspecified atom stereocenters. The summed E-state index contributed by atoms with van der Waals surface area (Å²) in [5.41, 5.74) is 15.6. The Labute approximate surface area is 422 Å². The minimum absolute atomic E-state index is 0.0225. The predicted molar refractivity (Wildman–Crippen MR) is 288 cm³/mol. The van der Waals surface area contributed by atoms with Gasteiger partial charge >= 0.3 is 369 Å². The van der Waals surface area contributed by atoms with E-state index < -0.39 is 0 Å². The third-order valence-corrected chi connectivity index (χ3v) is 14.8. The Morgan fingerprint density at radius 3 is 1.49 bits per heavy atom. The first-order valence-corrected chi connectivity index (χ1v) is 25.2. The molecule has 4 aromatic heterocycles. The summed E-state index contributed by atoms with van der Waals surface area (Å²) in [6.45, 7) is 6.72. The van der Waals surface area contributed by atoms with Crippen LogP contribution in [0.4, 0.5) is 0 Å². The van der Waals surface area contributed by atoms with Crippen molar-refractivity contribution in [2.75, 3.05) is 0 Å². The number of para-hydroxylation sites is 5. The fourth-order valence-corrected chi connectivity index (χ4v) is 11.6. The van der Waals surface area contributed by atoms with E-state index in [1.165, 1.54) is 32.8 Å². The second-order valence-electron chi connectivity index (χ2n) is 19.2. The summed E-state index contributed by atoms with van der Waals surface area (Å²) in [6.07, 6.45) is 1.92. The molecule has 0 N–H and O–H groups in total.